The average molecular weight is 403 g/mol. The number of benzene rings is 1. The normalized spacial score (nSPS) is 14.9. The van der Waals surface area contributed by atoms with Gasteiger partial charge in [-0.05, 0) is 30.5 Å². The molecule has 142 valence electrons. The Labute approximate surface area is 168 Å². The van der Waals surface area contributed by atoms with Gasteiger partial charge >= 0.3 is 0 Å². The molecule has 0 aliphatic heterocycles. The molecule has 2 aromatic heterocycles. The number of aromatic amines is 1. The number of nitrogens with one attached hydrogen (secondary N) is 1. The van der Waals surface area contributed by atoms with Gasteiger partial charge in [-0.15, -0.1) is 5.10 Å². The summed E-state index contributed by atoms with van der Waals surface area (Å²) in [6, 6.07) is 7.90. The van der Waals surface area contributed by atoms with Crippen LogP contribution in [0, 0.1) is 5.92 Å². The van der Waals surface area contributed by atoms with Crippen molar-refractivity contribution < 1.29 is 4.74 Å². The number of halogens is 1. The molecule has 7 heteroatoms. The second-order valence-corrected chi connectivity index (χ2v) is 8.34. The highest BCUT2D eigenvalue weighted by Crippen LogP contribution is 2.30. The number of hydrogen-bond donors (Lipinski definition) is 1. The van der Waals surface area contributed by atoms with Crippen molar-refractivity contribution in [1.29, 1.82) is 0 Å². The topological polar surface area (TPSA) is 63.7 Å². The van der Waals surface area contributed by atoms with Crippen molar-refractivity contribution in [1.82, 2.24) is 20.2 Å². The van der Waals surface area contributed by atoms with Crippen molar-refractivity contribution in [3.63, 3.8) is 0 Å². The predicted molar refractivity (Wildman–Crippen MR) is 110 cm³/mol. The summed E-state index contributed by atoms with van der Waals surface area (Å²) in [6.07, 6.45) is 7.71. The standard InChI is InChI=1S/C20H23ClN4OS/c1-26-16-8-7-14-10-15(19(21)22-17(14)11-16)12-27-20-23-18(24-25-20)9-6-13-4-2-3-5-13/h7-8,10-11,13H,2-6,9,12H2,1H3,(H,23,24,25). The third kappa shape index (κ3) is 4.55. The molecule has 1 aliphatic rings. The van der Waals surface area contributed by atoms with Crippen molar-refractivity contribution >= 4 is 34.3 Å². The molecule has 0 saturated heterocycles. The maximum Gasteiger partial charge on any atom is 0.208 e. The van der Waals surface area contributed by atoms with Crippen LogP contribution in [0.1, 0.15) is 43.5 Å². The molecule has 0 spiro atoms. The van der Waals surface area contributed by atoms with E-state index in [1.54, 1.807) is 18.9 Å². The van der Waals surface area contributed by atoms with E-state index < -0.39 is 0 Å². The molecule has 2 heterocycles. The molecule has 4 rings (SSSR count). The third-order valence-corrected chi connectivity index (χ3v) is 6.41. The van der Waals surface area contributed by atoms with Crippen LogP contribution in [0.15, 0.2) is 29.4 Å². The smallest absolute Gasteiger partial charge is 0.208 e. The number of pyridine rings is 1. The van der Waals surface area contributed by atoms with Crippen LogP contribution in [0.5, 0.6) is 5.75 Å². The summed E-state index contributed by atoms with van der Waals surface area (Å²) in [7, 11) is 1.65. The Balaban J connectivity index is 1.38. The van der Waals surface area contributed by atoms with E-state index in [9.17, 15) is 0 Å². The molecule has 1 aromatic carbocycles. The van der Waals surface area contributed by atoms with Crippen LogP contribution in [0.4, 0.5) is 0 Å². The van der Waals surface area contributed by atoms with Gasteiger partial charge in [-0.2, -0.15) is 0 Å². The van der Waals surface area contributed by atoms with Gasteiger partial charge in [0, 0.05) is 29.2 Å². The van der Waals surface area contributed by atoms with E-state index >= 15 is 0 Å². The van der Waals surface area contributed by atoms with E-state index in [0.29, 0.717) is 10.9 Å². The van der Waals surface area contributed by atoms with E-state index in [2.05, 4.69) is 26.2 Å². The Hall–Kier alpha value is -1.79. The summed E-state index contributed by atoms with van der Waals surface area (Å²) in [6.45, 7) is 0. The summed E-state index contributed by atoms with van der Waals surface area (Å²) >= 11 is 7.96. The highest BCUT2D eigenvalue weighted by atomic mass is 35.5. The molecule has 0 radical (unpaired) electrons. The van der Waals surface area contributed by atoms with Gasteiger partial charge in [0.05, 0.1) is 12.6 Å². The van der Waals surface area contributed by atoms with E-state index in [4.69, 9.17) is 16.3 Å². The zero-order valence-corrected chi connectivity index (χ0v) is 16.9. The van der Waals surface area contributed by atoms with E-state index in [-0.39, 0.29) is 0 Å². The number of nitrogens with zero attached hydrogens (tertiary/aromatic N) is 3. The van der Waals surface area contributed by atoms with Gasteiger partial charge in [0.25, 0.3) is 0 Å². The average Bonchev–Trinajstić information content (AvgIpc) is 3.36. The largest absolute Gasteiger partial charge is 0.497 e. The Morgan fingerprint density at radius 2 is 2.07 bits per heavy atom. The third-order valence-electron chi connectivity index (χ3n) is 5.18. The van der Waals surface area contributed by atoms with Crippen molar-refractivity contribution in [3.8, 4) is 5.75 Å². The SMILES string of the molecule is COc1ccc2cc(CSc3n[nH]c(CCC4CCCC4)n3)c(Cl)nc2c1. The van der Waals surface area contributed by atoms with Gasteiger partial charge in [0.1, 0.15) is 16.7 Å². The minimum absolute atomic E-state index is 0.514. The van der Waals surface area contributed by atoms with Gasteiger partial charge < -0.3 is 4.74 Å². The number of hydrogen-bond acceptors (Lipinski definition) is 5. The molecule has 27 heavy (non-hydrogen) atoms. The van der Waals surface area contributed by atoms with E-state index in [1.807, 2.05) is 18.2 Å². The lowest BCUT2D eigenvalue weighted by molar-refractivity contribution is 0.415. The van der Waals surface area contributed by atoms with Crippen LogP contribution in [-0.2, 0) is 12.2 Å². The molecule has 1 saturated carbocycles. The zero-order valence-electron chi connectivity index (χ0n) is 15.4. The molecular weight excluding hydrogens is 380 g/mol. The molecule has 5 nitrogen and oxygen atoms in total. The number of aryl methyl sites for hydroxylation is 1. The first-order valence-corrected chi connectivity index (χ1v) is 10.7. The summed E-state index contributed by atoms with van der Waals surface area (Å²) in [5, 5.41) is 9.74. The summed E-state index contributed by atoms with van der Waals surface area (Å²) in [5.41, 5.74) is 1.82. The highest BCUT2D eigenvalue weighted by Gasteiger charge is 2.16. The number of ether oxygens (including phenoxy) is 1. The van der Waals surface area contributed by atoms with Crippen molar-refractivity contribution in [3.05, 3.63) is 40.8 Å². The van der Waals surface area contributed by atoms with Crippen LogP contribution in [0.2, 0.25) is 5.15 Å². The predicted octanol–water partition coefficient (Wildman–Crippen LogP) is 5.43. The molecule has 1 N–H and O–H groups in total. The molecular formula is C20H23ClN4OS. The van der Waals surface area contributed by atoms with Crippen molar-refractivity contribution in [2.45, 2.75) is 49.4 Å². The summed E-state index contributed by atoms with van der Waals surface area (Å²) in [5.74, 6) is 3.32. The number of aromatic nitrogens is 4. The minimum atomic E-state index is 0.514. The van der Waals surface area contributed by atoms with Crippen molar-refractivity contribution in [2.75, 3.05) is 7.11 Å². The first kappa shape index (κ1) is 18.6. The maximum absolute atomic E-state index is 6.38. The van der Waals surface area contributed by atoms with Gasteiger partial charge in [0.15, 0.2) is 0 Å². The number of thioether (sulfide) groups is 1. The van der Waals surface area contributed by atoms with Gasteiger partial charge in [-0.3, -0.25) is 5.10 Å². The molecule has 1 aliphatic carbocycles. The Morgan fingerprint density at radius 1 is 1.22 bits per heavy atom. The molecule has 0 amide bonds. The molecule has 1 fully saturated rings. The minimum Gasteiger partial charge on any atom is -0.497 e. The lowest BCUT2D eigenvalue weighted by atomic mass is 10.0. The fraction of sp³-hybridized carbons (Fsp3) is 0.450. The van der Waals surface area contributed by atoms with Crippen LogP contribution >= 0.6 is 23.4 Å². The molecule has 3 aromatic rings. The second-order valence-electron chi connectivity index (χ2n) is 7.04. The lowest BCUT2D eigenvalue weighted by Gasteiger charge is -2.06. The van der Waals surface area contributed by atoms with Crippen LogP contribution in [0.3, 0.4) is 0 Å². The molecule has 0 unspecified atom stereocenters. The van der Waals surface area contributed by atoms with Gasteiger partial charge in [-0.25, -0.2) is 9.97 Å². The van der Waals surface area contributed by atoms with Crippen molar-refractivity contribution in [2.24, 2.45) is 5.92 Å². The zero-order chi connectivity index (χ0) is 18.6. The highest BCUT2D eigenvalue weighted by molar-refractivity contribution is 7.98. The van der Waals surface area contributed by atoms with Gasteiger partial charge in [0.2, 0.25) is 5.16 Å². The van der Waals surface area contributed by atoms with E-state index in [0.717, 1.165) is 45.5 Å². The molecule has 0 bridgehead atoms. The fourth-order valence-corrected chi connectivity index (χ4v) is 4.71. The maximum atomic E-state index is 6.38. The summed E-state index contributed by atoms with van der Waals surface area (Å²) < 4.78 is 5.25. The second kappa shape index (κ2) is 8.48. The summed E-state index contributed by atoms with van der Waals surface area (Å²) in [4.78, 5) is 9.12. The van der Waals surface area contributed by atoms with Crippen LogP contribution < -0.4 is 4.74 Å². The first-order valence-electron chi connectivity index (χ1n) is 9.38. The number of methoxy groups -OCH3 is 1. The quantitative estimate of drug-likeness (QED) is 0.421. The first-order chi connectivity index (χ1) is 13.2. The van der Waals surface area contributed by atoms with Gasteiger partial charge in [-0.1, -0.05) is 49.0 Å². The number of fused-ring (bicyclic) bond motifs is 1. The van der Waals surface area contributed by atoms with Crippen LogP contribution in [-0.4, -0.2) is 27.3 Å². The number of rotatable bonds is 7. The monoisotopic (exact) mass is 402 g/mol. The van der Waals surface area contributed by atoms with E-state index in [1.165, 1.54) is 32.1 Å². The Bertz CT molecular complexity index is 923. The molecule has 0 atom stereocenters. The van der Waals surface area contributed by atoms with Crippen LogP contribution in [0.25, 0.3) is 10.9 Å². The lowest BCUT2D eigenvalue weighted by Crippen LogP contribution is -1.97. The Kier molecular flexibility index (Phi) is 5.83. The fourth-order valence-electron chi connectivity index (χ4n) is 3.63. The Morgan fingerprint density at radius 3 is 2.89 bits per heavy atom. The number of H-pyrrole nitrogens is 1.